The van der Waals surface area contributed by atoms with Crippen molar-refractivity contribution < 1.29 is 14.3 Å². The van der Waals surface area contributed by atoms with Gasteiger partial charge in [0.25, 0.3) is 5.91 Å². The van der Waals surface area contributed by atoms with E-state index in [1.54, 1.807) is 9.80 Å². The zero-order chi connectivity index (χ0) is 20.1. The molecule has 2 amide bonds. The predicted molar refractivity (Wildman–Crippen MR) is 109 cm³/mol. The highest BCUT2D eigenvalue weighted by Crippen LogP contribution is 2.22. The second-order valence-corrected chi connectivity index (χ2v) is 8.15. The van der Waals surface area contributed by atoms with Crippen molar-refractivity contribution in [3.63, 3.8) is 0 Å². The summed E-state index contributed by atoms with van der Waals surface area (Å²) >= 11 is 0. The second kappa shape index (κ2) is 8.46. The van der Waals surface area contributed by atoms with E-state index in [9.17, 15) is 9.59 Å². The van der Waals surface area contributed by atoms with Gasteiger partial charge in [0.2, 0.25) is 0 Å². The summed E-state index contributed by atoms with van der Waals surface area (Å²) in [5.74, 6) is 0.0118. The molecule has 0 saturated carbocycles. The molecule has 0 bridgehead atoms. The molecule has 0 spiro atoms. The lowest BCUT2D eigenvalue weighted by molar-refractivity contribution is 0.0544. The third-order valence-corrected chi connectivity index (χ3v) is 5.03. The molecule has 0 aromatic heterocycles. The highest BCUT2D eigenvalue weighted by Gasteiger charge is 2.26. The summed E-state index contributed by atoms with van der Waals surface area (Å²) in [6.07, 6.45) is -0.328. The number of nitrogens with zero attached hydrogens (tertiary/aromatic N) is 2. The normalized spacial score (nSPS) is 14.7. The first-order valence-corrected chi connectivity index (χ1v) is 9.70. The average molecular weight is 380 g/mol. The van der Waals surface area contributed by atoms with Crippen LogP contribution >= 0.6 is 0 Å². The molecule has 0 radical (unpaired) electrons. The van der Waals surface area contributed by atoms with E-state index in [1.165, 1.54) is 5.56 Å². The molecule has 1 aliphatic heterocycles. The predicted octanol–water partition coefficient (Wildman–Crippen LogP) is 4.08. The zero-order valence-corrected chi connectivity index (χ0v) is 16.9. The third-order valence-electron chi connectivity index (χ3n) is 5.03. The minimum absolute atomic E-state index is 0.0118. The molecule has 1 fully saturated rings. The topological polar surface area (TPSA) is 49.9 Å². The van der Waals surface area contributed by atoms with Gasteiger partial charge >= 0.3 is 6.09 Å². The third kappa shape index (κ3) is 4.91. The minimum Gasteiger partial charge on any atom is -0.445 e. The van der Waals surface area contributed by atoms with Gasteiger partial charge in [-0.2, -0.15) is 0 Å². The quantitative estimate of drug-likeness (QED) is 0.806. The lowest BCUT2D eigenvalue weighted by Crippen LogP contribution is -2.50. The molecule has 5 heteroatoms. The van der Waals surface area contributed by atoms with Gasteiger partial charge in [-0.15, -0.1) is 0 Å². The number of hydrogen-bond donors (Lipinski definition) is 0. The van der Waals surface area contributed by atoms with E-state index in [-0.39, 0.29) is 24.0 Å². The van der Waals surface area contributed by atoms with Crippen LogP contribution in [0.4, 0.5) is 4.79 Å². The Morgan fingerprint density at radius 2 is 1.43 bits per heavy atom. The smallest absolute Gasteiger partial charge is 0.410 e. The Morgan fingerprint density at radius 1 is 0.857 bits per heavy atom. The SMILES string of the molecule is CC(C)(C)c1ccc(C(=O)N2CCN(C(=O)OCc3ccccc3)CC2)cc1. The Bertz CT molecular complexity index is 802. The molecule has 5 nitrogen and oxygen atoms in total. The van der Waals surface area contributed by atoms with Crippen LogP contribution in [-0.4, -0.2) is 48.0 Å². The molecule has 1 saturated heterocycles. The van der Waals surface area contributed by atoms with Gasteiger partial charge in [-0.3, -0.25) is 4.79 Å². The number of hydrogen-bond acceptors (Lipinski definition) is 3. The van der Waals surface area contributed by atoms with Crippen molar-refractivity contribution in [1.82, 2.24) is 9.80 Å². The first-order valence-electron chi connectivity index (χ1n) is 9.70. The number of benzene rings is 2. The Kier molecular flexibility index (Phi) is 6.02. The molecule has 0 unspecified atom stereocenters. The van der Waals surface area contributed by atoms with Gasteiger partial charge in [0.15, 0.2) is 0 Å². The lowest BCUT2D eigenvalue weighted by Gasteiger charge is -2.34. The van der Waals surface area contributed by atoms with Crippen LogP contribution in [0.25, 0.3) is 0 Å². The van der Waals surface area contributed by atoms with Crippen molar-refractivity contribution in [2.24, 2.45) is 0 Å². The average Bonchev–Trinajstić information content (AvgIpc) is 2.72. The van der Waals surface area contributed by atoms with Gasteiger partial charge in [0.1, 0.15) is 6.61 Å². The van der Waals surface area contributed by atoms with E-state index in [0.717, 1.165) is 5.56 Å². The van der Waals surface area contributed by atoms with Gasteiger partial charge in [0.05, 0.1) is 0 Å². The molecule has 3 rings (SSSR count). The van der Waals surface area contributed by atoms with E-state index in [1.807, 2.05) is 54.6 Å². The highest BCUT2D eigenvalue weighted by molar-refractivity contribution is 5.94. The van der Waals surface area contributed by atoms with Crippen LogP contribution in [-0.2, 0) is 16.8 Å². The molecule has 1 heterocycles. The fourth-order valence-corrected chi connectivity index (χ4v) is 3.20. The fraction of sp³-hybridized carbons (Fsp3) is 0.391. The largest absolute Gasteiger partial charge is 0.445 e. The molecule has 0 atom stereocenters. The summed E-state index contributed by atoms with van der Waals surface area (Å²) in [6.45, 7) is 8.72. The highest BCUT2D eigenvalue weighted by atomic mass is 16.6. The standard InChI is InChI=1S/C23H28N2O3/c1-23(2,3)20-11-9-19(10-12-20)21(26)24-13-15-25(16-14-24)22(27)28-17-18-7-5-4-6-8-18/h4-12H,13-17H2,1-3H3. The van der Waals surface area contributed by atoms with Crippen molar-refractivity contribution in [1.29, 1.82) is 0 Å². The number of rotatable bonds is 3. The molecule has 28 heavy (non-hydrogen) atoms. The molecular formula is C23H28N2O3. The summed E-state index contributed by atoms with van der Waals surface area (Å²) in [5, 5.41) is 0. The number of amides is 2. The number of carbonyl (C=O) groups is 2. The summed E-state index contributed by atoms with van der Waals surface area (Å²) in [4.78, 5) is 28.4. The van der Waals surface area contributed by atoms with Crippen LogP contribution in [0, 0.1) is 0 Å². The van der Waals surface area contributed by atoms with Crippen LogP contribution < -0.4 is 0 Å². The molecule has 2 aromatic carbocycles. The molecule has 0 aliphatic carbocycles. The number of ether oxygens (including phenoxy) is 1. The summed E-state index contributed by atoms with van der Waals surface area (Å²) in [5.41, 5.74) is 2.92. The van der Waals surface area contributed by atoms with Crippen LogP contribution in [0.1, 0.15) is 42.3 Å². The van der Waals surface area contributed by atoms with E-state index in [4.69, 9.17) is 4.74 Å². The van der Waals surface area contributed by atoms with Crippen molar-refractivity contribution >= 4 is 12.0 Å². The maximum Gasteiger partial charge on any atom is 0.410 e. The Morgan fingerprint density at radius 3 is 2.00 bits per heavy atom. The van der Waals surface area contributed by atoms with E-state index < -0.39 is 0 Å². The number of carbonyl (C=O) groups excluding carboxylic acids is 2. The summed E-state index contributed by atoms with van der Waals surface area (Å²) in [7, 11) is 0. The van der Waals surface area contributed by atoms with Gasteiger partial charge in [0, 0.05) is 31.7 Å². The minimum atomic E-state index is -0.328. The van der Waals surface area contributed by atoms with E-state index in [2.05, 4.69) is 20.8 Å². The summed E-state index contributed by atoms with van der Waals surface area (Å²) in [6, 6.07) is 17.4. The summed E-state index contributed by atoms with van der Waals surface area (Å²) < 4.78 is 5.38. The van der Waals surface area contributed by atoms with Crippen LogP contribution in [0.15, 0.2) is 54.6 Å². The second-order valence-electron chi connectivity index (χ2n) is 8.15. The maximum absolute atomic E-state index is 12.7. The van der Waals surface area contributed by atoms with Gasteiger partial charge < -0.3 is 14.5 Å². The van der Waals surface area contributed by atoms with Crippen molar-refractivity contribution in [3.05, 3.63) is 71.3 Å². The van der Waals surface area contributed by atoms with Crippen LogP contribution in [0.5, 0.6) is 0 Å². The number of piperazine rings is 1. The molecule has 148 valence electrons. The maximum atomic E-state index is 12.7. The monoisotopic (exact) mass is 380 g/mol. The lowest BCUT2D eigenvalue weighted by atomic mass is 9.86. The van der Waals surface area contributed by atoms with Gasteiger partial charge in [-0.25, -0.2) is 4.79 Å². The Hall–Kier alpha value is -2.82. The van der Waals surface area contributed by atoms with E-state index in [0.29, 0.717) is 31.7 Å². The first-order chi connectivity index (χ1) is 13.3. The van der Waals surface area contributed by atoms with Crippen LogP contribution in [0.3, 0.4) is 0 Å². The zero-order valence-electron chi connectivity index (χ0n) is 16.9. The van der Waals surface area contributed by atoms with Crippen molar-refractivity contribution in [2.45, 2.75) is 32.8 Å². The van der Waals surface area contributed by atoms with Gasteiger partial charge in [-0.1, -0.05) is 63.2 Å². The first kappa shape index (κ1) is 19.9. The van der Waals surface area contributed by atoms with Crippen molar-refractivity contribution in [3.8, 4) is 0 Å². The fourth-order valence-electron chi connectivity index (χ4n) is 3.20. The van der Waals surface area contributed by atoms with Crippen LogP contribution in [0.2, 0.25) is 0 Å². The Labute approximate surface area is 166 Å². The molecule has 0 N–H and O–H groups in total. The molecule has 2 aromatic rings. The Balaban J connectivity index is 1.50. The molecular weight excluding hydrogens is 352 g/mol. The molecule has 1 aliphatic rings. The van der Waals surface area contributed by atoms with Gasteiger partial charge in [-0.05, 0) is 28.7 Å². The van der Waals surface area contributed by atoms with E-state index >= 15 is 0 Å². The van der Waals surface area contributed by atoms with Crippen molar-refractivity contribution in [2.75, 3.05) is 26.2 Å².